The number of carboxylic acid groups (broad SMARTS) is 3. The first-order valence-corrected chi connectivity index (χ1v) is 5.42. The van der Waals surface area contributed by atoms with Gasteiger partial charge in [0.1, 0.15) is 5.56 Å². The second-order valence-electron chi connectivity index (χ2n) is 3.55. The first kappa shape index (κ1) is 15.3. The topological polar surface area (TPSA) is 130 Å². The molecule has 0 bridgehead atoms. The lowest BCUT2D eigenvalue weighted by Gasteiger charge is -2.15. The van der Waals surface area contributed by atoms with Crippen molar-refractivity contribution in [1.82, 2.24) is 0 Å². The fourth-order valence-corrected chi connectivity index (χ4v) is 1.67. The van der Waals surface area contributed by atoms with Crippen LogP contribution in [0.15, 0.2) is 6.07 Å². The van der Waals surface area contributed by atoms with Crippen LogP contribution in [-0.2, 0) is 0 Å². The Morgan fingerprint density at radius 1 is 1.05 bits per heavy atom. The average Bonchev–Trinajstić information content (AvgIpc) is 2.37. The van der Waals surface area contributed by atoms with Gasteiger partial charge in [-0.1, -0.05) is 0 Å². The minimum atomic E-state index is -1.68. The maximum Gasteiger partial charge on any atom is 0.340 e. The van der Waals surface area contributed by atoms with Crippen molar-refractivity contribution in [1.29, 1.82) is 0 Å². The van der Waals surface area contributed by atoms with Gasteiger partial charge in [0.15, 0.2) is 11.5 Å². The van der Waals surface area contributed by atoms with Gasteiger partial charge in [-0.15, -0.1) is 0 Å². The van der Waals surface area contributed by atoms with Gasteiger partial charge in [0, 0.05) is 0 Å². The molecule has 0 fully saturated rings. The van der Waals surface area contributed by atoms with E-state index in [1.165, 1.54) is 7.11 Å². The van der Waals surface area contributed by atoms with Crippen molar-refractivity contribution in [3.8, 4) is 11.5 Å². The van der Waals surface area contributed by atoms with Crippen LogP contribution in [0.25, 0.3) is 0 Å². The van der Waals surface area contributed by atoms with E-state index in [1.54, 1.807) is 6.92 Å². The van der Waals surface area contributed by atoms with Crippen molar-refractivity contribution in [3.05, 3.63) is 22.8 Å². The highest BCUT2D eigenvalue weighted by Gasteiger charge is 2.31. The van der Waals surface area contributed by atoms with Crippen LogP contribution >= 0.6 is 0 Å². The normalized spacial score (nSPS) is 9.90. The molecule has 1 aromatic carbocycles. The van der Waals surface area contributed by atoms with Gasteiger partial charge >= 0.3 is 17.9 Å². The maximum atomic E-state index is 11.3. The van der Waals surface area contributed by atoms with E-state index in [9.17, 15) is 14.4 Å². The summed E-state index contributed by atoms with van der Waals surface area (Å²) in [4.78, 5) is 33.5. The number of rotatable bonds is 6. The minimum absolute atomic E-state index is 0.0577. The van der Waals surface area contributed by atoms with Gasteiger partial charge < -0.3 is 24.8 Å². The molecule has 0 heterocycles. The molecular formula is C12H12O8. The van der Waals surface area contributed by atoms with E-state index in [1.807, 2.05) is 0 Å². The van der Waals surface area contributed by atoms with Crippen molar-refractivity contribution in [2.45, 2.75) is 6.92 Å². The molecule has 0 aromatic heterocycles. The average molecular weight is 284 g/mol. The fourth-order valence-electron chi connectivity index (χ4n) is 1.67. The van der Waals surface area contributed by atoms with Crippen molar-refractivity contribution in [3.63, 3.8) is 0 Å². The third-order valence-electron chi connectivity index (χ3n) is 2.41. The molecule has 0 unspecified atom stereocenters. The van der Waals surface area contributed by atoms with Crippen molar-refractivity contribution < 1.29 is 39.2 Å². The highest BCUT2D eigenvalue weighted by atomic mass is 16.5. The smallest absolute Gasteiger partial charge is 0.340 e. The summed E-state index contributed by atoms with van der Waals surface area (Å²) in [5.74, 6) is -5.35. The summed E-state index contributed by atoms with van der Waals surface area (Å²) >= 11 is 0. The van der Waals surface area contributed by atoms with Crippen LogP contribution in [0.2, 0.25) is 0 Å². The Labute approximate surface area is 113 Å². The van der Waals surface area contributed by atoms with Gasteiger partial charge in [0.05, 0.1) is 24.8 Å². The molecule has 1 rings (SSSR count). The van der Waals surface area contributed by atoms with E-state index in [-0.39, 0.29) is 18.1 Å². The van der Waals surface area contributed by atoms with Crippen LogP contribution in [0, 0.1) is 0 Å². The molecule has 0 spiro atoms. The molecule has 0 atom stereocenters. The molecule has 0 radical (unpaired) electrons. The molecule has 108 valence electrons. The summed E-state index contributed by atoms with van der Waals surface area (Å²) in [7, 11) is 1.19. The molecule has 0 saturated carbocycles. The Bertz CT molecular complexity index is 575. The van der Waals surface area contributed by atoms with Crippen LogP contribution in [0.4, 0.5) is 0 Å². The Morgan fingerprint density at radius 2 is 1.60 bits per heavy atom. The second-order valence-corrected chi connectivity index (χ2v) is 3.55. The Kier molecular flexibility index (Phi) is 4.52. The van der Waals surface area contributed by atoms with E-state index >= 15 is 0 Å². The summed E-state index contributed by atoms with van der Waals surface area (Å²) in [5, 5.41) is 27.2. The molecule has 20 heavy (non-hydrogen) atoms. The lowest BCUT2D eigenvalue weighted by Crippen LogP contribution is -2.17. The highest BCUT2D eigenvalue weighted by Crippen LogP contribution is 2.36. The van der Waals surface area contributed by atoms with Crippen LogP contribution < -0.4 is 9.47 Å². The molecule has 1 aromatic rings. The largest absolute Gasteiger partial charge is 0.493 e. The number of hydrogen-bond donors (Lipinski definition) is 3. The number of methoxy groups -OCH3 is 1. The third kappa shape index (κ3) is 2.63. The van der Waals surface area contributed by atoms with Gasteiger partial charge in [-0.3, -0.25) is 0 Å². The summed E-state index contributed by atoms with van der Waals surface area (Å²) in [6, 6.07) is 0.920. The number of aromatic carboxylic acids is 3. The Morgan fingerprint density at radius 3 is 1.95 bits per heavy atom. The molecule has 0 aliphatic carbocycles. The molecule has 0 aliphatic rings. The monoisotopic (exact) mass is 284 g/mol. The first-order valence-electron chi connectivity index (χ1n) is 5.42. The van der Waals surface area contributed by atoms with Crippen molar-refractivity contribution in [2.24, 2.45) is 0 Å². The van der Waals surface area contributed by atoms with Crippen LogP contribution in [0.3, 0.4) is 0 Å². The fraction of sp³-hybridized carbons (Fsp3) is 0.250. The molecule has 0 saturated heterocycles. The molecule has 3 N–H and O–H groups in total. The minimum Gasteiger partial charge on any atom is -0.493 e. The third-order valence-corrected chi connectivity index (χ3v) is 2.41. The summed E-state index contributed by atoms with van der Waals surface area (Å²) < 4.78 is 9.95. The Hall–Kier alpha value is -2.77. The van der Waals surface area contributed by atoms with E-state index < -0.39 is 34.6 Å². The number of benzene rings is 1. The van der Waals surface area contributed by atoms with E-state index in [4.69, 9.17) is 24.8 Å². The van der Waals surface area contributed by atoms with Gasteiger partial charge in [0.2, 0.25) is 0 Å². The number of carbonyl (C=O) groups is 3. The van der Waals surface area contributed by atoms with E-state index in [0.29, 0.717) is 0 Å². The SMILES string of the molecule is CCOc1c(OC)cc(C(=O)O)c(C(=O)O)c1C(=O)O. The highest BCUT2D eigenvalue weighted by molar-refractivity contribution is 6.11. The maximum absolute atomic E-state index is 11.3. The quantitative estimate of drug-likeness (QED) is 0.710. The molecule has 0 amide bonds. The zero-order valence-corrected chi connectivity index (χ0v) is 10.7. The molecule has 8 nitrogen and oxygen atoms in total. The van der Waals surface area contributed by atoms with Gasteiger partial charge in [-0.05, 0) is 13.0 Å². The first-order chi connectivity index (χ1) is 9.34. The van der Waals surface area contributed by atoms with Crippen molar-refractivity contribution in [2.75, 3.05) is 13.7 Å². The van der Waals surface area contributed by atoms with Crippen LogP contribution in [-0.4, -0.2) is 46.9 Å². The standard InChI is InChI=1S/C12H12O8/c1-3-20-9-6(19-2)4-5(10(13)14)7(11(15)16)8(9)12(17)18/h4H,3H2,1-2H3,(H,13,14)(H,15,16)(H,17,18). The van der Waals surface area contributed by atoms with Crippen LogP contribution in [0.1, 0.15) is 38.0 Å². The predicted molar refractivity (Wildman–Crippen MR) is 65.0 cm³/mol. The van der Waals surface area contributed by atoms with E-state index in [2.05, 4.69) is 0 Å². The zero-order valence-electron chi connectivity index (χ0n) is 10.7. The lowest BCUT2D eigenvalue weighted by molar-refractivity contribution is 0.0629. The van der Waals surface area contributed by atoms with Gasteiger partial charge in [-0.2, -0.15) is 0 Å². The summed E-state index contributed by atoms with van der Waals surface area (Å²) in [5.41, 5.74) is -2.29. The zero-order chi connectivity index (χ0) is 15.4. The van der Waals surface area contributed by atoms with Crippen LogP contribution in [0.5, 0.6) is 11.5 Å². The molecule has 8 heteroatoms. The summed E-state index contributed by atoms with van der Waals surface area (Å²) in [6.07, 6.45) is 0. The van der Waals surface area contributed by atoms with E-state index in [0.717, 1.165) is 6.07 Å². The number of carboxylic acids is 3. The second kappa shape index (κ2) is 5.91. The molecular weight excluding hydrogens is 272 g/mol. The van der Waals surface area contributed by atoms with Crippen molar-refractivity contribution >= 4 is 17.9 Å². The number of hydrogen-bond acceptors (Lipinski definition) is 5. The Balaban J connectivity index is 3.86. The number of ether oxygens (including phenoxy) is 2. The molecule has 0 aliphatic heterocycles. The van der Waals surface area contributed by atoms with Gasteiger partial charge in [0.25, 0.3) is 0 Å². The lowest BCUT2D eigenvalue weighted by atomic mass is 9.99. The van der Waals surface area contributed by atoms with Gasteiger partial charge in [-0.25, -0.2) is 14.4 Å². The predicted octanol–water partition coefficient (Wildman–Crippen LogP) is 1.19. The summed E-state index contributed by atoms with van der Waals surface area (Å²) in [6.45, 7) is 1.62.